The van der Waals surface area contributed by atoms with Crippen LogP contribution in [0.25, 0.3) is 0 Å². The SMILES string of the molecule is COc1ccc(Cl)cc1C(=O)N1CCCN([C@H]2CCN(Cc3ccccc3)C2=O)CC1. The van der Waals surface area contributed by atoms with Crippen molar-refractivity contribution >= 4 is 23.4 Å². The number of ether oxygens (including phenoxy) is 1. The predicted octanol–water partition coefficient (Wildman–Crippen LogP) is 3.30. The highest BCUT2D eigenvalue weighted by Crippen LogP contribution is 2.26. The van der Waals surface area contributed by atoms with Crippen molar-refractivity contribution in [2.24, 2.45) is 0 Å². The van der Waals surface area contributed by atoms with Gasteiger partial charge in [0.15, 0.2) is 0 Å². The number of halogens is 1. The van der Waals surface area contributed by atoms with E-state index in [0.29, 0.717) is 42.5 Å². The van der Waals surface area contributed by atoms with Crippen molar-refractivity contribution in [1.29, 1.82) is 0 Å². The normalized spacial score (nSPS) is 20.1. The molecule has 2 saturated heterocycles. The lowest BCUT2D eigenvalue weighted by molar-refractivity contribution is -0.132. The third kappa shape index (κ3) is 4.86. The van der Waals surface area contributed by atoms with Gasteiger partial charge in [-0.2, -0.15) is 0 Å². The lowest BCUT2D eigenvalue weighted by Gasteiger charge is -2.27. The van der Waals surface area contributed by atoms with E-state index in [1.165, 1.54) is 0 Å². The van der Waals surface area contributed by atoms with Gasteiger partial charge in [-0.15, -0.1) is 0 Å². The van der Waals surface area contributed by atoms with Crippen LogP contribution in [-0.4, -0.2) is 72.4 Å². The quantitative estimate of drug-likeness (QED) is 0.714. The van der Waals surface area contributed by atoms with Crippen LogP contribution in [0.3, 0.4) is 0 Å². The Morgan fingerprint density at radius 3 is 2.65 bits per heavy atom. The van der Waals surface area contributed by atoms with Crippen molar-refractivity contribution in [3.8, 4) is 5.75 Å². The Morgan fingerprint density at radius 2 is 1.87 bits per heavy atom. The van der Waals surface area contributed by atoms with Crippen LogP contribution in [0.15, 0.2) is 48.5 Å². The van der Waals surface area contributed by atoms with E-state index in [1.54, 1.807) is 25.3 Å². The predicted molar refractivity (Wildman–Crippen MR) is 120 cm³/mol. The molecule has 2 aliphatic rings. The summed E-state index contributed by atoms with van der Waals surface area (Å²) in [6.45, 7) is 4.16. The molecule has 6 nitrogen and oxygen atoms in total. The van der Waals surface area contributed by atoms with E-state index < -0.39 is 0 Å². The van der Waals surface area contributed by atoms with Crippen LogP contribution in [-0.2, 0) is 11.3 Å². The average molecular weight is 442 g/mol. The van der Waals surface area contributed by atoms with E-state index in [-0.39, 0.29) is 17.9 Å². The fourth-order valence-electron chi connectivity index (χ4n) is 4.49. The Morgan fingerprint density at radius 1 is 1.06 bits per heavy atom. The molecule has 31 heavy (non-hydrogen) atoms. The number of likely N-dealkylation sites (tertiary alicyclic amines) is 1. The van der Waals surface area contributed by atoms with E-state index >= 15 is 0 Å². The first kappa shape index (κ1) is 21.7. The summed E-state index contributed by atoms with van der Waals surface area (Å²) in [4.78, 5) is 32.2. The minimum atomic E-state index is -0.0977. The van der Waals surface area contributed by atoms with Gasteiger partial charge in [0.1, 0.15) is 5.75 Å². The number of methoxy groups -OCH3 is 1. The molecule has 0 aliphatic carbocycles. The first-order chi connectivity index (χ1) is 15.1. The van der Waals surface area contributed by atoms with E-state index in [0.717, 1.165) is 31.5 Å². The van der Waals surface area contributed by atoms with E-state index in [4.69, 9.17) is 16.3 Å². The van der Waals surface area contributed by atoms with Crippen LogP contribution >= 0.6 is 11.6 Å². The highest BCUT2D eigenvalue weighted by atomic mass is 35.5. The summed E-state index contributed by atoms with van der Waals surface area (Å²) in [6.07, 6.45) is 1.67. The van der Waals surface area contributed by atoms with Crippen molar-refractivity contribution in [1.82, 2.24) is 14.7 Å². The number of hydrogen-bond acceptors (Lipinski definition) is 4. The second-order valence-electron chi connectivity index (χ2n) is 8.08. The van der Waals surface area contributed by atoms with Crippen LogP contribution in [0.4, 0.5) is 0 Å². The van der Waals surface area contributed by atoms with Gasteiger partial charge in [-0.3, -0.25) is 14.5 Å². The first-order valence-electron chi connectivity index (χ1n) is 10.8. The average Bonchev–Trinajstić information content (AvgIpc) is 2.99. The third-order valence-electron chi connectivity index (χ3n) is 6.14. The highest BCUT2D eigenvalue weighted by molar-refractivity contribution is 6.31. The van der Waals surface area contributed by atoms with Gasteiger partial charge in [0, 0.05) is 44.3 Å². The molecule has 2 aromatic rings. The summed E-state index contributed by atoms with van der Waals surface area (Å²) in [7, 11) is 1.55. The monoisotopic (exact) mass is 441 g/mol. The molecule has 0 saturated carbocycles. The Balaban J connectivity index is 1.39. The van der Waals surface area contributed by atoms with Crippen molar-refractivity contribution in [2.75, 3.05) is 39.8 Å². The molecule has 0 radical (unpaired) electrons. The summed E-state index contributed by atoms with van der Waals surface area (Å²) in [5.74, 6) is 0.642. The van der Waals surface area contributed by atoms with Crippen molar-refractivity contribution < 1.29 is 14.3 Å². The molecule has 2 amide bonds. The van der Waals surface area contributed by atoms with E-state index in [9.17, 15) is 9.59 Å². The van der Waals surface area contributed by atoms with Gasteiger partial charge in [0.2, 0.25) is 5.91 Å². The Hall–Kier alpha value is -2.57. The standard InChI is InChI=1S/C24H28ClN3O3/c1-31-22-9-8-19(25)16-20(22)23(29)27-12-5-11-26(14-15-27)21-10-13-28(24(21)30)17-18-6-3-2-4-7-18/h2-4,6-9,16,21H,5,10-15,17H2,1H3/t21-/m0/s1. The topological polar surface area (TPSA) is 53.1 Å². The zero-order valence-corrected chi connectivity index (χ0v) is 18.6. The zero-order chi connectivity index (χ0) is 21.8. The summed E-state index contributed by atoms with van der Waals surface area (Å²) >= 11 is 6.11. The van der Waals surface area contributed by atoms with E-state index in [1.807, 2.05) is 28.0 Å². The number of carbonyl (C=O) groups excluding carboxylic acids is 2. The summed E-state index contributed by atoms with van der Waals surface area (Å²) < 4.78 is 5.35. The Bertz CT molecular complexity index is 937. The molecule has 2 heterocycles. The minimum Gasteiger partial charge on any atom is -0.496 e. The summed E-state index contributed by atoms with van der Waals surface area (Å²) in [5, 5.41) is 0.510. The van der Waals surface area contributed by atoms with Crippen molar-refractivity contribution in [3.63, 3.8) is 0 Å². The van der Waals surface area contributed by atoms with Gasteiger partial charge in [0.25, 0.3) is 5.91 Å². The summed E-state index contributed by atoms with van der Waals surface area (Å²) in [6, 6.07) is 15.1. The fourth-order valence-corrected chi connectivity index (χ4v) is 4.66. The lowest BCUT2D eigenvalue weighted by atomic mass is 10.1. The van der Waals surface area contributed by atoms with Gasteiger partial charge in [-0.1, -0.05) is 41.9 Å². The molecule has 7 heteroatoms. The largest absolute Gasteiger partial charge is 0.496 e. The molecule has 0 spiro atoms. The minimum absolute atomic E-state index is 0.0790. The second-order valence-corrected chi connectivity index (χ2v) is 8.51. The van der Waals surface area contributed by atoms with Gasteiger partial charge < -0.3 is 14.5 Å². The smallest absolute Gasteiger partial charge is 0.257 e. The van der Waals surface area contributed by atoms with Gasteiger partial charge >= 0.3 is 0 Å². The lowest BCUT2D eigenvalue weighted by Crippen LogP contribution is -2.44. The molecule has 0 N–H and O–H groups in total. The van der Waals surface area contributed by atoms with Crippen LogP contribution in [0.5, 0.6) is 5.75 Å². The zero-order valence-electron chi connectivity index (χ0n) is 17.8. The molecule has 2 fully saturated rings. The van der Waals surface area contributed by atoms with Crippen LogP contribution in [0.2, 0.25) is 5.02 Å². The fraction of sp³-hybridized carbons (Fsp3) is 0.417. The molecule has 164 valence electrons. The van der Waals surface area contributed by atoms with Crippen LogP contribution < -0.4 is 4.74 Å². The van der Waals surface area contributed by atoms with Gasteiger partial charge in [-0.25, -0.2) is 0 Å². The summed E-state index contributed by atoms with van der Waals surface area (Å²) in [5.41, 5.74) is 1.63. The molecule has 2 aromatic carbocycles. The maximum absolute atomic E-state index is 13.1. The van der Waals surface area contributed by atoms with Crippen LogP contribution in [0.1, 0.15) is 28.8 Å². The molecule has 1 atom stereocenters. The molecule has 4 rings (SSSR count). The maximum atomic E-state index is 13.1. The second kappa shape index (κ2) is 9.71. The molecule has 0 bridgehead atoms. The molecule has 0 unspecified atom stereocenters. The van der Waals surface area contributed by atoms with Crippen molar-refractivity contribution in [2.45, 2.75) is 25.4 Å². The number of benzene rings is 2. The number of nitrogens with zero attached hydrogens (tertiary/aromatic N) is 3. The number of rotatable bonds is 5. The molecular formula is C24H28ClN3O3. The first-order valence-corrected chi connectivity index (χ1v) is 11.1. The molecule has 2 aliphatic heterocycles. The highest BCUT2D eigenvalue weighted by Gasteiger charge is 2.36. The number of amides is 2. The van der Waals surface area contributed by atoms with Gasteiger partial charge in [0.05, 0.1) is 18.7 Å². The number of hydrogen-bond donors (Lipinski definition) is 0. The molecule has 0 aromatic heterocycles. The van der Waals surface area contributed by atoms with Crippen molar-refractivity contribution in [3.05, 3.63) is 64.7 Å². The maximum Gasteiger partial charge on any atom is 0.257 e. The van der Waals surface area contributed by atoms with E-state index in [2.05, 4.69) is 17.0 Å². The Labute approximate surface area is 188 Å². The van der Waals surface area contributed by atoms with Crippen LogP contribution in [0, 0.1) is 0 Å². The third-order valence-corrected chi connectivity index (χ3v) is 6.37. The van der Waals surface area contributed by atoms with Gasteiger partial charge in [-0.05, 0) is 36.6 Å². The number of carbonyl (C=O) groups is 2. The Kier molecular flexibility index (Phi) is 6.78. The molecular weight excluding hydrogens is 414 g/mol.